The molecule has 0 amide bonds. The second-order valence-electron chi connectivity index (χ2n) is 11.4. The van der Waals surface area contributed by atoms with Crippen LogP contribution in [-0.4, -0.2) is 29.3 Å². The van der Waals surface area contributed by atoms with Crippen molar-refractivity contribution < 1.29 is 16.8 Å². The number of aryl methyl sites for hydroxylation is 1. The molecule has 5 rings (SSSR count). The first-order valence-electron chi connectivity index (χ1n) is 15.9. The van der Waals surface area contributed by atoms with Gasteiger partial charge < -0.3 is 0 Å². The molecule has 0 heterocycles. The summed E-state index contributed by atoms with van der Waals surface area (Å²) in [6.07, 6.45) is 24.4. The van der Waals surface area contributed by atoms with Crippen molar-refractivity contribution in [2.75, 3.05) is 12.5 Å². The van der Waals surface area contributed by atoms with Crippen molar-refractivity contribution in [2.45, 2.75) is 70.1 Å². The van der Waals surface area contributed by atoms with Crippen LogP contribution in [0.4, 0.5) is 0 Å². The number of sulfone groups is 2. The fraction of sp³-hybridized carbons (Fsp3) is 0.286. The van der Waals surface area contributed by atoms with Crippen LogP contribution in [-0.2, 0) is 32.5 Å². The Morgan fingerprint density at radius 2 is 1.27 bits per heavy atom. The number of fused-ring (bicyclic) bond motifs is 2. The Balaban J connectivity index is 0.000000364. The fourth-order valence-electron chi connectivity index (χ4n) is 5.17. The summed E-state index contributed by atoms with van der Waals surface area (Å²) in [6.45, 7) is 0. The molecule has 4 nitrogen and oxygen atoms in total. The topological polar surface area (TPSA) is 68.3 Å². The van der Waals surface area contributed by atoms with Gasteiger partial charge >= 0.3 is 0 Å². The molecule has 49 heavy (non-hydrogen) atoms. The minimum atomic E-state index is -3.15. The maximum atomic E-state index is 12.0. The van der Waals surface area contributed by atoms with Crippen LogP contribution in [0.15, 0.2) is 108 Å². The Labute approximate surface area is 303 Å². The molecule has 0 saturated carbocycles. The van der Waals surface area contributed by atoms with Gasteiger partial charge in [-0.05, 0) is 72.6 Å². The predicted molar refractivity (Wildman–Crippen MR) is 216 cm³/mol. The molecular formula is C42H50O4S3. The molecule has 4 aromatic carbocycles. The average Bonchev–Trinajstić information content (AvgIpc) is 3.51. The minimum absolute atomic E-state index is 0. The molecule has 0 aromatic heterocycles. The zero-order valence-electron chi connectivity index (χ0n) is 27.9. The van der Waals surface area contributed by atoms with E-state index in [2.05, 4.69) is 59.6 Å². The number of hydrogen-bond acceptors (Lipinski definition) is 4. The van der Waals surface area contributed by atoms with E-state index >= 15 is 0 Å². The van der Waals surface area contributed by atoms with Crippen molar-refractivity contribution in [1.29, 1.82) is 0 Å². The smallest absolute Gasteiger partial charge is 0.213 e. The molecule has 0 aliphatic heterocycles. The molecule has 260 valence electrons. The van der Waals surface area contributed by atoms with E-state index in [1.165, 1.54) is 22.9 Å². The number of hydrogen-bond donors (Lipinski definition) is 0. The Kier molecular flexibility index (Phi) is 19.8. The van der Waals surface area contributed by atoms with E-state index in [0.717, 1.165) is 74.0 Å². The van der Waals surface area contributed by atoms with Gasteiger partial charge in [-0.15, -0.1) is 12.3 Å². The summed E-state index contributed by atoms with van der Waals surface area (Å²) in [5, 5.41) is 4.14. The summed E-state index contributed by atoms with van der Waals surface area (Å²) in [4.78, 5) is 0.558. The summed E-state index contributed by atoms with van der Waals surface area (Å²) >= 11 is 0. The van der Waals surface area contributed by atoms with Gasteiger partial charge in [0.25, 0.3) is 0 Å². The molecule has 4 aromatic rings. The molecule has 0 radical (unpaired) electrons. The van der Waals surface area contributed by atoms with E-state index in [9.17, 15) is 16.8 Å². The lowest BCUT2D eigenvalue weighted by atomic mass is 10.0. The molecule has 0 spiro atoms. The summed E-state index contributed by atoms with van der Waals surface area (Å²) in [5.74, 6) is 5.28. The maximum absolute atomic E-state index is 12.0. The molecule has 0 fully saturated rings. The predicted octanol–water partition coefficient (Wildman–Crippen LogP) is 9.86. The van der Waals surface area contributed by atoms with Crippen molar-refractivity contribution in [2.24, 2.45) is 0 Å². The molecule has 1 aliphatic rings. The Morgan fingerprint density at radius 1 is 0.735 bits per heavy atom. The number of allylic oxidation sites excluding steroid dienone is 2. The normalized spacial score (nSPS) is 11.8. The van der Waals surface area contributed by atoms with Crippen molar-refractivity contribution in [3.63, 3.8) is 0 Å². The highest BCUT2D eigenvalue weighted by atomic mass is 32.2. The van der Waals surface area contributed by atoms with E-state index in [-0.39, 0.29) is 20.9 Å². The van der Waals surface area contributed by atoms with Gasteiger partial charge in [0.05, 0.1) is 11.2 Å². The Bertz CT molecular complexity index is 1960. The molecule has 0 N–H and O–H groups in total. The van der Waals surface area contributed by atoms with Gasteiger partial charge in [0.2, 0.25) is 9.84 Å². The molecule has 0 unspecified atom stereocenters. The molecule has 0 saturated heterocycles. The van der Waals surface area contributed by atoms with Crippen LogP contribution in [0.2, 0.25) is 0 Å². The zero-order valence-corrected chi connectivity index (χ0v) is 30.5. The summed E-state index contributed by atoms with van der Waals surface area (Å²) in [5.41, 5.74) is 4.69. The third-order valence-corrected chi connectivity index (χ3v) is 9.01. The second-order valence-corrected chi connectivity index (χ2v) is 15.1. The summed E-state index contributed by atoms with van der Waals surface area (Å²) in [6, 6.07) is 30.3. The van der Waals surface area contributed by atoms with Crippen LogP contribution in [0.25, 0.3) is 22.9 Å². The highest BCUT2D eigenvalue weighted by Crippen LogP contribution is 2.35. The number of terminal acetylenes is 1. The average molecular weight is 715 g/mol. The molecule has 7 heteroatoms. The van der Waals surface area contributed by atoms with E-state index in [1.54, 1.807) is 0 Å². The molecule has 0 atom stereocenters. The van der Waals surface area contributed by atoms with E-state index < -0.39 is 19.7 Å². The SMILES string of the molecule is C.C#CCCC/C=C/c1ccccc1.CS(=O)(=O)C#CCCC/C=C/c1ccccc1.CS(=O)(=O)c1c2c(cc3ccccc13)CCC2.S. The van der Waals surface area contributed by atoms with Gasteiger partial charge in [0.15, 0.2) is 9.84 Å². The fourth-order valence-corrected chi connectivity index (χ4v) is 6.80. The lowest BCUT2D eigenvalue weighted by Crippen LogP contribution is -2.03. The van der Waals surface area contributed by atoms with Crippen molar-refractivity contribution in [3.8, 4) is 23.5 Å². The van der Waals surface area contributed by atoms with Gasteiger partial charge in [-0.3, -0.25) is 0 Å². The molecular weight excluding hydrogens is 665 g/mol. The minimum Gasteiger partial charge on any atom is -0.224 e. The largest absolute Gasteiger partial charge is 0.224 e. The van der Waals surface area contributed by atoms with Gasteiger partial charge in [0.1, 0.15) is 0 Å². The van der Waals surface area contributed by atoms with Gasteiger partial charge in [-0.25, -0.2) is 16.8 Å². The van der Waals surface area contributed by atoms with Gasteiger partial charge in [-0.2, -0.15) is 13.5 Å². The lowest BCUT2D eigenvalue weighted by Gasteiger charge is -2.11. The first-order chi connectivity index (χ1) is 22.6. The number of benzene rings is 4. The van der Waals surface area contributed by atoms with Crippen molar-refractivity contribution in [1.82, 2.24) is 0 Å². The lowest BCUT2D eigenvalue weighted by molar-refractivity contribution is 0.601. The highest BCUT2D eigenvalue weighted by molar-refractivity contribution is 7.95. The summed E-state index contributed by atoms with van der Waals surface area (Å²) in [7, 11) is -6.29. The Hall–Kier alpha value is -4.01. The second kappa shape index (κ2) is 22.6. The zero-order chi connectivity index (χ0) is 34.0. The van der Waals surface area contributed by atoms with E-state index in [4.69, 9.17) is 6.42 Å². The van der Waals surface area contributed by atoms with Crippen molar-refractivity contribution in [3.05, 3.63) is 125 Å². The van der Waals surface area contributed by atoms with E-state index in [1.807, 2.05) is 72.8 Å². The monoisotopic (exact) mass is 714 g/mol. The third kappa shape index (κ3) is 16.3. The van der Waals surface area contributed by atoms with Crippen LogP contribution in [0.3, 0.4) is 0 Å². The molecule has 1 aliphatic carbocycles. The maximum Gasteiger partial charge on any atom is 0.213 e. The van der Waals surface area contributed by atoms with Crippen molar-refractivity contribution >= 4 is 56.1 Å². The van der Waals surface area contributed by atoms with Crippen LogP contribution < -0.4 is 0 Å². The number of rotatable bonds is 9. The Morgan fingerprint density at radius 3 is 1.80 bits per heavy atom. The summed E-state index contributed by atoms with van der Waals surface area (Å²) < 4.78 is 45.4. The third-order valence-electron chi connectivity index (χ3n) is 7.28. The highest BCUT2D eigenvalue weighted by Gasteiger charge is 2.23. The van der Waals surface area contributed by atoms with Gasteiger partial charge in [0, 0.05) is 29.7 Å². The van der Waals surface area contributed by atoms with Crippen LogP contribution in [0.5, 0.6) is 0 Å². The van der Waals surface area contributed by atoms with Crippen LogP contribution in [0.1, 0.15) is 74.6 Å². The standard InChI is InChI=1S/C14H14O2S.C14H16O2S.C13H14.CH4.H2S/c1-17(15,16)14-12-7-3-2-5-10(12)9-11-6-4-8-13(11)14;1-17(15,16)13-9-4-2-3-6-10-14-11-7-5-8-12-14;1-2-3-4-5-7-10-13-11-8-6-9-12-13;;/h2-3,5,7,9H,4,6,8H2,1H3;5-8,10-12H,2-4H2,1H3;1,6-12H,3-5H2;1H4;1H2/b;10-6+;10-7+;;. The van der Waals surface area contributed by atoms with Crippen LogP contribution in [0, 0.1) is 23.5 Å². The van der Waals surface area contributed by atoms with Crippen LogP contribution >= 0.6 is 13.5 Å². The first-order valence-corrected chi connectivity index (χ1v) is 19.7. The molecule has 0 bridgehead atoms. The van der Waals surface area contributed by atoms with E-state index in [0.29, 0.717) is 11.3 Å². The van der Waals surface area contributed by atoms with Gasteiger partial charge in [-0.1, -0.05) is 129 Å². The number of unbranched alkanes of at least 4 members (excludes halogenated alkanes) is 4. The first kappa shape index (κ1) is 43.0. The quantitative estimate of drug-likeness (QED) is 0.0984.